The highest BCUT2D eigenvalue weighted by Gasteiger charge is 2.32. The third-order valence-electron chi connectivity index (χ3n) is 4.96. The maximum Gasteiger partial charge on any atom is 0.228 e. The van der Waals surface area contributed by atoms with E-state index in [4.69, 9.17) is 4.74 Å². The highest BCUT2D eigenvalue weighted by Crippen LogP contribution is 2.35. The van der Waals surface area contributed by atoms with Crippen LogP contribution < -0.4 is 15.0 Å². The van der Waals surface area contributed by atoms with Gasteiger partial charge >= 0.3 is 0 Å². The first-order valence-electron chi connectivity index (χ1n) is 9.34. The number of hydrogen-bond donors (Lipinski definition) is 1. The number of methoxy groups -OCH3 is 1. The van der Waals surface area contributed by atoms with Crippen LogP contribution in [0, 0.1) is 11.3 Å². The fraction of sp³-hybridized carbons (Fsp3) is 0.550. The molecule has 1 aliphatic rings. The molecule has 0 bridgehead atoms. The number of carbonyl (C=O) groups excluding carboxylic acids is 1. The average molecular weight is 389 g/mol. The van der Waals surface area contributed by atoms with Gasteiger partial charge in [-0.15, -0.1) is 11.3 Å². The lowest BCUT2D eigenvalue weighted by Crippen LogP contribution is -2.44. The van der Waals surface area contributed by atoms with Gasteiger partial charge in [-0.05, 0) is 29.7 Å². The minimum Gasteiger partial charge on any atom is -0.481 e. The maximum absolute atomic E-state index is 12.9. The third-order valence-corrected chi connectivity index (χ3v) is 5.89. The molecule has 1 amide bonds. The fourth-order valence-corrected chi connectivity index (χ4v) is 4.39. The molecule has 1 saturated heterocycles. The van der Waals surface area contributed by atoms with E-state index in [1.54, 1.807) is 30.7 Å². The summed E-state index contributed by atoms with van der Waals surface area (Å²) in [5.74, 6) is 1.40. The molecular formula is C20H28N4O2S. The molecule has 0 spiro atoms. The van der Waals surface area contributed by atoms with Gasteiger partial charge in [0.1, 0.15) is 0 Å². The van der Waals surface area contributed by atoms with Crippen molar-refractivity contribution < 1.29 is 9.53 Å². The number of hydrogen-bond acceptors (Lipinski definition) is 6. The predicted molar refractivity (Wildman–Crippen MR) is 108 cm³/mol. The number of carbonyl (C=O) groups is 1. The van der Waals surface area contributed by atoms with E-state index in [9.17, 15) is 4.79 Å². The number of piperidine rings is 1. The molecule has 2 aromatic rings. The zero-order valence-corrected chi connectivity index (χ0v) is 17.3. The Morgan fingerprint density at radius 3 is 2.67 bits per heavy atom. The van der Waals surface area contributed by atoms with Crippen LogP contribution in [0.4, 0.5) is 5.95 Å². The number of nitrogens with one attached hydrogen (secondary N) is 1. The first kappa shape index (κ1) is 19.6. The molecule has 1 N–H and O–H groups in total. The van der Waals surface area contributed by atoms with Crippen molar-refractivity contribution >= 4 is 23.2 Å². The van der Waals surface area contributed by atoms with Crippen molar-refractivity contribution in [3.8, 4) is 5.88 Å². The van der Waals surface area contributed by atoms with Crippen molar-refractivity contribution in [2.45, 2.75) is 39.7 Å². The summed E-state index contributed by atoms with van der Waals surface area (Å²) in [7, 11) is 1.60. The van der Waals surface area contributed by atoms with Gasteiger partial charge in [0.15, 0.2) is 0 Å². The number of thiophene rings is 1. The second-order valence-electron chi connectivity index (χ2n) is 7.98. The highest BCUT2D eigenvalue weighted by molar-refractivity contribution is 7.10. The lowest BCUT2D eigenvalue weighted by Gasteiger charge is -2.35. The highest BCUT2D eigenvalue weighted by atomic mass is 32.1. The number of anilines is 1. The lowest BCUT2D eigenvalue weighted by molar-refractivity contribution is -0.127. The molecule has 27 heavy (non-hydrogen) atoms. The van der Waals surface area contributed by atoms with E-state index in [2.05, 4.69) is 52.4 Å². The summed E-state index contributed by atoms with van der Waals surface area (Å²) in [5.41, 5.74) is -0.0321. The van der Waals surface area contributed by atoms with Crippen molar-refractivity contribution in [1.82, 2.24) is 15.3 Å². The van der Waals surface area contributed by atoms with Crippen molar-refractivity contribution in [3.63, 3.8) is 0 Å². The van der Waals surface area contributed by atoms with Crippen LogP contribution in [0.3, 0.4) is 0 Å². The number of ether oxygens (including phenoxy) is 1. The number of aromatic nitrogens is 2. The summed E-state index contributed by atoms with van der Waals surface area (Å²) < 4.78 is 5.18. The van der Waals surface area contributed by atoms with E-state index in [0.717, 1.165) is 25.9 Å². The number of rotatable bonds is 5. The number of nitrogens with zero attached hydrogens (tertiary/aromatic N) is 3. The average Bonchev–Trinajstić information content (AvgIpc) is 3.19. The van der Waals surface area contributed by atoms with E-state index < -0.39 is 0 Å². The van der Waals surface area contributed by atoms with Gasteiger partial charge < -0.3 is 15.0 Å². The Hall–Kier alpha value is -2.15. The molecule has 3 rings (SSSR count). The summed E-state index contributed by atoms with van der Waals surface area (Å²) >= 11 is 1.70. The Kier molecular flexibility index (Phi) is 5.99. The van der Waals surface area contributed by atoms with Crippen LogP contribution >= 0.6 is 11.3 Å². The molecule has 1 fully saturated rings. The van der Waals surface area contributed by atoms with Gasteiger partial charge in [-0.3, -0.25) is 4.79 Å². The van der Waals surface area contributed by atoms with Crippen LogP contribution in [0.1, 0.15) is 44.5 Å². The van der Waals surface area contributed by atoms with Gasteiger partial charge in [0, 0.05) is 36.1 Å². The molecule has 6 nitrogen and oxygen atoms in total. The largest absolute Gasteiger partial charge is 0.481 e. The molecule has 3 heterocycles. The van der Waals surface area contributed by atoms with E-state index >= 15 is 0 Å². The monoisotopic (exact) mass is 388 g/mol. The minimum absolute atomic E-state index is 0.0247. The normalized spacial score (nSPS) is 16.8. The Balaban J connectivity index is 1.61. The molecule has 1 unspecified atom stereocenters. The topological polar surface area (TPSA) is 67.3 Å². The summed E-state index contributed by atoms with van der Waals surface area (Å²) in [6, 6.07) is 5.91. The molecule has 1 atom stereocenters. The van der Waals surface area contributed by atoms with E-state index in [0.29, 0.717) is 11.8 Å². The van der Waals surface area contributed by atoms with Crippen molar-refractivity contribution in [2.24, 2.45) is 11.3 Å². The zero-order valence-electron chi connectivity index (χ0n) is 16.4. The van der Waals surface area contributed by atoms with Crippen molar-refractivity contribution in [1.29, 1.82) is 0 Å². The molecule has 0 aromatic carbocycles. The third kappa shape index (κ3) is 4.77. The molecule has 0 radical (unpaired) electrons. The summed E-state index contributed by atoms with van der Waals surface area (Å²) in [6.07, 6.45) is 3.30. The van der Waals surface area contributed by atoms with Crippen LogP contribution in [-0.4, -0.2) is 36.1 Å². The molecule has 1 aliphatic heterocycles. The van der Waals surface area contributed by atoms with Crippen LogP contribution in [0.2, 0.25) is 0 Å². The summed E-state index contributed by atoms with van der Waals surface area (Å²) in [6.45, 7) is 8.04. The second kappa shape index (κ2) is 8.25. The Morgan fingerprint density at radius 1 is 1.33 bits per heavy atom. The molecule has 0 saturated carbocycles. The summed E-state index contributed by atoms with van der Waals surface area (Å²) in [4.78, 5) is 25.0. The van der Waals surface area contributed by atoms with Gasteiger partial charge in [-0.2, -0.15) is 4.98 Å². The van der Waals surface area contributed by atoms with Crippen LogP contribution in [0.15, 0.2) is 29.8 Å². The van der Waals surface area contributed by atoms with Crippen molar-refractivity contribution in [3.05, 3.63) is 34.7 Å². The first-order chi connectivity index (χ1) is 12.9. The molecule has 7 heteroatoms. The SMILES string of the molecule is COc1ccnc(N2CCC(C(=O)NC(c3cccs3)C(C)(C)C)CC2)n1. The maximum atomic E-state index is 12.9. The molecule has 2 aromatic heterocycles. The van der Waals surface area contributed by atoms with Gasteiger partial charge in [0.25, 0.3) is 0 Å². The Bertz CT molecular complexity index is 750. The van der Waals surface area contributed by atoms with E-state index in [1.165, 1.54) is 4.88 Å². The molecule has 146 valence electrons. The van der Waals surface area contributed by atoms with Gasteiger partial charge in [-0.25, -0.2) is 4.98 Å². The minimum atomic E-state index is -0.0321. The van der Waals surface area contributed by atoms with Crippen LogP contribution in [-0.2, 0) is 4.79 Å². The lowest BCUT2D eigenvalue weighted by atomic mass is 9.85. The van der Waals surface area contributed by atoms with E-state index in [-0.39, 0.29) is 23.3 Å². The zero-order chi connectivity index (χ0) is 19.4. The standard InChI is InChI=1S/C20H28N4O2S/c1-20(2,3)17(15-6-5-13-27-15)23-18(25)14-8-11-24(12-9-14)19-21-10-7-16(22-19)26-4/h5-7,10,13-14,17H,8-9,11-12H2,1-4H3,(H,23,25). The van der Waals surface area contributed by atoms with Crippen LogP contribution in [0.25, 0.3) is 0 Å². The molecular weight excluding hydrogens is 360 g/mol. The first-order valence-corrected chi connectivity index (χ1v) is 10.2. The summed E-state index contributed by atoms with van der Waals surface area (Å²) in [5, 5.41) is 5.37. The Labute approximate surface area is 165 Å². The fourth-order valence-electron chi connectivity index (χ4n) is 3.37. The van der Waals surface area contributed by atoms with Gasteiger partial charge in [-0.1, -0.05) is 26.8 Å². The molecule has 0 aliphatic carbocycles. The van der Waals surface area contributed by atoms with Gasteiger partial charge in [0.05, 0.1) is 13.2 Å². The van der Waals surface area contributed by atoms with Gasteiger partial charge in [0.2, 0.25) is 17.7 Å². The smallest absolute Gasteiger partial charge is 0.228 e. The quantitative estimate of drug-likeness (QED) is 0.846. The van der Waals surface area contributed by atoms with E-state index in [1.807, 2.05) is 6.07 Å². The van der Waals surface area contributed by atoms with Crippen LogP contribution in [0.5, 0.6) is 5.88 Å². The predicted octanol–water partition coefficient (Wildman–Crippen LogP) is 3.67. The Morgan fingerprint density at radius 2 is 2.07 bits per heavy atom. The second-order valence-corrected chi connectivity index (χ2v) is 8.96. The van der Waals surface area contributed by atoms with Crippen molar-refractivity contribution in [2.75, 3.05) is 25.1 Å². The number of amides is 1.